The molecule has 0 saturated carbocycles. The van der Waals surface area contributed by atoms with Crippen LogP contribution < -0.4 is 4.74 Å². The van der Waals surface area contributed by atoms with E-state index in [9.17, 15) is 4.39 Å². The zero-order valence-corrected chi connectivity index (χ0v) is 7.81. The minimum atomic E-state index is -0.397. The van der Waals surface area contributed by atoms with Gasteiger partial charge in [-0.05, 0) is 25.1 Å². The molecule has 0 aromatic heterocycles. The van der Waals surface area contributed by atoms with E-state index >= 15 is 0 Å². The van der Waals surface area contributed by atoms with Crippen LogP contribution in [0.15, 0.2) is 18.2 Å². The van der Waals surface area contributed by atoms with Gasteiger partial charge in [0.2, 0.25) is 0 Å². The van der Waals surface area contributed by atoms with Crippen molar-refractivity contribution in [3.05, 3.63) is 29.0 Å². The summed E-state index contributed by atoms with van der Waals surface area (Å²) in [6, 6.07) is 3.90. The van der Waals surface area contributed by atoms with E-state index in [4.69, 9.17) is 22.8 Å². The van der Waals surface area contributed by atoms with Crippen molar-refractivity contribution in [2.75, 3.05) is 0 Å². The fraction of sp³-hybridized carbons (Fsp3) is 0.200. The third-order valence-electron chi connectivity index (χ3n) is 1.43. The van der Waals surface area contributed by atoms with Crippen molar-refractivity contribution in [2.45, 2.75) is 13.0 Å². The Kier molecular flexibility index (Phi) is 3.16. The molecule has 0 bridgehead atoms. The largest absolute Gasteiger partial charge is 0.477 e. The van der Waals surface area contributed by atoms with Gasteiger partial charge in [-0.1, -0.05) is 17.5 Å². The Morgan fingerprint density at radius 3 is 2.85 bits per heavy atom. The van der Waals surface area contributed by atoms with Gasteiger partial charge in [0, 0.05) is 0 Å². The summed E-state index contributed by atoms with van der Waals surface area (Å²) in [6.45, 7) is 1.71. The molecule has 0 aliphatic heterocycles. The van der Waals surface area contributed by atoms with Crippen LogP contribution in [-0.2, 0) is 0 Å². The summed E-state index contributed by atoms with van der Waals surface area (Å²) in [5, 5.41) is 0.224. The average Bonchev–Trinajstić information content (AvgIpc) is 2.09. The van der Waals surface area contributed by atoms with Crippen LogP contribution >= 0.6 is 11.6 Å². The highest BCUT2D eigenvalue weighted by Crippen LogP contribution is 2.25. The third kappa shape index (κ3) is 2.64. The second-order valence-corrected chi connectivity index (χ2v) is 2.91. The Hall–Kier alpha value is -1.20. The monoisotopic (exact) mass is 198 g/mol. The first-order chi connectivity index (χ1) is 6.13. The van der Waals surface area contributed by atoms with Crippen LogP contribution in [0.2, 0.25) is 5.02 Å². The van der Waals surface area contributed by atoms with E-state index < -0.39 is 5.82 Å². The van der Waals surface area contributed by atoms with Gasteiger partial charge in [0.1, 0.15) is 11.6 Å². The Labute approximate surface area is 81.5 Å². The van der Waals surface area contributed by atoms with E-state index in [0.717, 1.165) is 0 Å². The van der Waals surface area contributed by atoms with Gasteiger partial charge in [0.25, 0.3) is 0 Å². The zero-order chi connectivity index (χ0) is 9.84. The van der Waals surface area contributed by atoms with Crippen molar-refractivity contribution in [1.29, 1.82) is 0 Å². The maximum atomic E-state index is 12.6. The molecule has 0 fully saturated rings. The number of benzene rings is 1. The third-order valence-corrected chi connectivity index (χ3v) is 1.73. The van der Waals surface area contributed by atoms with Gasteiger partial charge in [0.15, 0.2) is 6.10 Å². The van der Waals surface area contributed by atoms with E-state index in [0.29, 0.717) is 5.75 Å². The molecule has 0 heterocycles. The smallest absolute Gasteiger partial charge is 0.156 e. The molecular formula is C10H8ClFO. The molecule has 1 rings (SSSR count). The second-order valence-electron chi connectivity index (χ2n) is 2.50. The van der Waals surface area contributed by atoms with Gasteiger partial charge < -0.3 is 4.74 Å². The molecule has 3 heteroatoms. The quantitative estimate of drug-likeness (QED) is 0.664. The summed E-state index contributed by atoms with van der Waals surface area (Å²) in [4.78, 5) is 0. The molecule has 1 unspecified atom stereocenters. The van der Waals surface area contributed by atoms with Crippen LogP contribution in [0.4, 0.5) is 4.39 Å². The van der Waals surface area contributed by atoms with E-state index in [-0.39, 0.29) is 11.1 Å². The summed E-state index contributed by atoms with van der Waals surface area (Å²) in [6.07, 6.45) is 4.74. The predicted molar refractivity (Wildman–Crippen MR) is 50.3 cm³/mol. The maximum Gasteiger partial charge on any atom is 0.156 e. The molecule has 0 spiro atoms. The maximum absolute atomic E-state index is 12.6. The molecule has 0 aliphatic carbocycles. The molecule has 68 valence electrons. The minimum Gasteiger partial charge on any atom is -0.477 e. The standard InChI is InChI=1S/C10H8ClFO/c1-3-7(2)13-10-5-4-8(12)6-9(10)11/h1,4-7H,2H3. The highest BCUT2D eigenvalue weighted by Gasteiger charge is 2.05. The van der Waals surface area contributed by atoms with Crippen LogP contribution in [0.1, 0.15) is 6.92 Å². The van der Waals surface area contributed by atoms with Crippen LogP contribution in [0.3, 0.4) is 0 Å². The normalized spacial score (nSPS) is 11.8. The summed E-state index contributed by atoms with van der Waals surface area (Å²) in [5.41, 5.74) is 0. The topological polar surface area (TPSA) is 9.23 Å². The first kappa shape index (κ1) is 9.88. The highest BCUT2D eigenvalue weighted by atomic mass is 35.5. The van der Waals surface area contributed by atoms with E-state index in [1.165, 1.54) is 18.2 Å². The number of terminal acetylenes is 1. The lowest BCUT2D eigenvalue weighted by molar-refractivity contribution is 0.279. The minimum absolute atomic E-state index is 0.224. The molecule has 13 heavy (non-hydrogen) atoms. The van der Waals surface area contributed by atoms with Gasteiger partial charge in [-0.15, -0.1) is 6.42 Å². The molecule has 1 aromatic rings. The summed E-state index contributed by atoms with van der Waals surface area (Å²) < 4.78 is 17.8. The Balaban J connectivity index is 2.85. The molecule has 1 aromatic carbocycles. The van der Waals surface area contributed by atoms with Crippen molar-refractivity contribution in [1.82, 2.24) is 0 Å². The Morgan fingerprint density at radius 2 is 2.31 bits per heavy atom. The molecule has 0 amide bonds. The lowest BCUT2D eigenvalue weighted by atomic mass is 10.3. The van der Waals surface area contributed by atoms with Crippen molar-refractivity contribution in [3.63, 3.8) is 0 Å². The van der Waals surface area contributed by atoms with Crippen molar-refractivity contribution in [2.24, 2.45) is 0 Å². The number of ether oxygens (including phenoxy) is 1. The molecule has 1 atom stereocenters. The average molecular weight is 199 g/mol. The molecule has 1 nitrogen and oxygen atoms in total. The van der Waals surface area contributed by atoms with E-state index in [1.807, 2.05) is 0 Å². The number of hydrogen-bond donors (Lipinski definition) is 0. The Bertz CT molecular complexity index is 343. The summed E-state index contributed by atoms with van der Waals surface area (Å²) in [5.74, 6) is 2.38. The van der Waals surface area contributed by atoms with Crippen LogP contribution in [0.25, 0.3) is 0 Å². The molecule has 0 saturated heterocycles. The number of halogens is 2. The lowest BCUT2D eigenvalue weighted by Gasteiger charge is -2.09. The molecule has 0 N–H and O–H groups in total. The van der Waals surface area contributed by atoms with Crippen molar-refractivity contribution < 1.29 is 9.13 Å². The fourth-order valence-corrected chi connectivity index (χ4v) is 1.01. The van der Waals surface area contributed by atoms with Gasteiger partial charge in [0.05, 0.1) is 5.02 Å². The summed E-state index contributed by atoms with van der Waals surface area (Å²) >= 11 is 5.70. The fourth-order valence-electron chi connectivity index (χ4n) is 0.795. The van der Waals surface area contributed by atoms with Crippen LogP contribution in [0, 0.1) is 18.2 Å². The first-order valence-corrected chi connectivity index (χ1v) is 4.09. The van der Waals surface area contributed by atoms with Gasteiger partial charge >= 0.3 is 0 Å². The summed E-state index contributed by atoms with van der Waals surface area (Å²) in [7, 11) is 0. The highest BCUT2D eigenvalue weighted by molar-refractivity contribution is 6.32. The van der Waals surface area contributed by atoms with Crippen LogP contribution in [0.5, 0.6) is 5.75 Å². The van der Waals surface area contributed by atoms with Crippen molar-refractivity contribution in [3.8, 4) is 18.1 Å². The van der Waals surface area contributed by atoms with E-state index in [2.05, 4.69) is 5.92 Å². The molecular weight excluding hydrogens is 191 g/mol. The van der Waals surface area contributed by atoms with Gasteiger partial charge in [-0.3, -0.25) is 0 Å². The zero-order valence-electron chi connectivity index (χ0n) is 7.05. The molecule has 0 radical (unpaired) electrons. The van der Waals surface area contributed by atoms with E-state index in [1.54, 1.807) is 6.92 Å². The predicted octanol–water partition coefficient (Wildman–Crippen LogP) is 2.88. The van der Waals surface area contributed by atoms with Crippen LogP contribution in [-0.4, -0.2) is 6.10 Å². The number of hydrogen-bond acceptors (Lipinski definition) is 1. The SMILES string of the molecule is C#CC(C)Oc1ccc(F)cc1Cl. The first-order valence-electron chi connectivity index (χ1n) is 3.71. The van der Waals surface area contributed by atoms with Gasteiger partial charge in [-0.2, -0.15) is 0 Å². The number of rotatable bonds is 2. The van der Waals surface area contributed by atoms with Gasteiger partial charge in [-0.25, -0.2) is 4.39 Å². The van der Waals surface area contributed by atoms with Crippen molar-refractivity contribution >= 4 is 11.6 Å². The second kappa shape index (κ2) is 4.15. The Morgan fingerprint density at radius 1 is 1.62 bits per heavy atom. The molecule has 0 aliphatic rings. The lowest BCUT2D eigenvalue weighted by Crippen LogP contribution is -2.08.